The van der Waals surface area contributed by atoms with Gasteiger partial charge in [0.25, 0.3) is 0 Å². The summed E-state index contributed by atoms with van der Waals surface area (Å²) in [5.41, 5.74) is -0.166. The summed E-state index contributed by atoms with van der Waals surface area (Å²) in [5.74, 6) is -1.16. The molecular formula is C25H26F2N6O4S. The molecule has 0 saturated carbocycles. The van der Waals surface area contributed by atoms with Crippen LogP contribution in [0.1, 0.15) is 19.3 Å². The molecule has 3 heterocycles. The van der Waals surface area contributed by atoms with Gasteiger partial charge >= 0.3 is 0 Å². The van der Waals surface area contributed by atoms with E-state index in [0.717, 1.165) is 6.20 Å². The third-order valence-electron chi connectivity index (χ3n) is 6.69. The predicted molar refractivity (Wildman–Crippen MR) is 136 cm³/mol. The van der Waals surface area contributed by atoms with E-state index in [1.54, 1.807) is 17.0 Å². The first kappa shape index (κ1) is 25.9. The maximum absolute atomic E-state index is 14.2. The number of carbonyl (C=O) groups is 1. The number of nitrogens with one attached hydrogen (secondary N) is 2. The molecule has 2 aliphatic rings. The van der Waals surface area contributed by atoms with Gasteiger partial charge in [-0.2, -0.15) is 9.29 Å². The smallest absolute Gasteiger partial charge is 0.243 e. The molecule has 13 heteroatoms. The molecular weight excluding hydrogens is 518 g/mol. The van der Waals surface area contributed by atoms with E-state index < -0.39 is 27.3 Å². The van der Waals surface area contributed by atoms with Crippen molar-refractivity contribution in [2.45, 2.75) is 29.8 Å². The average molecular weight is 545 g/mol. The van der Waals surface area contributed by atoms with Gasteiger partial charge in [-0.1, -0.05) is 0 Å². The summed E-state index contributed by atoms with van der Waals surface area (Å²) >= 11 is 0. The van der Waals surface area contributed by atoms with Crippen molar-refractivity contribution >= 4 is 39.1 Å². The molecule has 5 rings (SSSR count). The number of β-amino-alcohol motifs (C(OH)–C–C–N with tert-alkyl or cyclic N) is 1. The van der Waals surface area contributed by atoms with Gasteiger partial charge < -0.3 is 20.6 Å². The monoisotopic (exact) mass is 544 g/mol. The Morgan fingerprint density at radius 3 is 2.18 bits per heavy atom. The lowest BCUT2D eigenvalue weighted by Crippen LogP contribution is -2.56. The van der Waals surface area contributed by atoms with Gasteiger partial charge in [-0.05, 0) is 61.4 Å². The first-order chi connectivity index (χ1) is 18.1. The van der Waals surface area contributed by atoms with E-state index in [4.69, 9.17) is 0 Å². The highest BCUT2D eigenvalue weighted by molar-refractivity contribution is 7.89. The van der Waals surface area contributed by atoms with Crippen LogP contribution in [0.5, 0.6) is 0 Å². The molecule has 0 unspecified atom stereocenters. The van der Waals surface area contributed by atoms with Crippen molar-refractivity contribution in [1.82, 2.24) is 19.2 Å². The number of aliphatic hydroxyl groups is 1. The summed E-state index contributed by atoms with van der Waals surface area (Å²) < 4.78 is 54.9. The number of sulfonamides is 1. The number of piperidine rings is 1. The van der Waals surface area contributed by atoms with Crippen LogP contribution in [0.4, 0.5) is 31.9 Å². The Bertz CT molecular complexity index is 1430. The van der Waals surface area contributed by atoms with Gasteiger partial charge in [0.05, 0.1) is 16.7 Å². The maximum Gasteiger partial charge on any atom is 0.243 e. The second-order valence-electron chi connectivity index (χ2n) is 9.37. The van der Waals surface area contributed by atoms with Crippen molar-refractivity contribution in [3.8, 4) is 0 Å². The zero-order valence-electron chi connectivity index (χ0n) is 20.3. The highest BCUT2D eigenvalue weighted by Crippen LogP contribution is 2.30. The Balaban J connectivity index is 1.22. The lowest BCUT2D eigenvalue weighted by Gasteiger charge is -2.42. The second kappa shape index (κ2) is 10.2. The summed E-state index contributed by atoms with van der Waals surface area (Å²) in [6, 6.07) is 11.3. The zero-order valence-corrected chi connectivity index (χ0v) is 21.1. The van der Waals surface area contributed by atoms with Gasteiger partial charge in [0.1, 0.15) is 5.82 Å². The van der Waals surface area contributed by atoms with Gasteiger partial charge in [-0.3, -0.25) is 4.79 Å². The van der Waals surface area contributed by atoms with Crippen LogP contribution in [-0.2, 0) is 14.8 Å². The number of carbonyl (C=O) groups excluding carboxylic acids is 1. The summed E-state index contributed by atoms with van der Waals surface area (Å²) in [6.45, 7) is 1.15. The molecule has 3 aromatic rings. The molecule has 2 aliphatic heterocycles. The summed E-state index contributed by atoms with van der Waals surface area (Å²) in [4.78, 5) is 21.3. The van der Waals surface area contributed by atoms with Crippen molar-refractivity contribution in [2.24, 2.45) is 0 Å². The number of rotatable bonds is 8. The molecule has 10 nitrogen and oxygen atoms in total. The van der Waals surface area contributed by atoms with Gasteiger partial charge in [0.15, 0.2) is 11.6 Å². The van der Waals surface area contributed by atoms with Crippen LogP contribution in [0.15, 0.2) is 59.6 Å². The summed E-state index contributed by atoms with van der Waals surface area (Å²) in [7, 11) is -3.79. The minimum absolute atomic E-state index is 0.00794. The number of benzene rings is 2. The van der Waals surface area contributed by atoms with Gasteiger partial charge in [0.2, 0.25) is 21.9 Å². The van der Waals surface area contributed by atoms with Crippen LogP contribution in [0.3, 0.4) is 0 Å². The fourth-order valence-corrected chi connectivity index (χ4v) is 5.80. The molecule has 2 fully saturated rings. The lowest BCUT2D eigenvalue weighted by molar-refractivity contribution is -0.146. The predicted octanol–water partition coefficient (Wildman–Crippen LogP) is 2.99. The number of amides is 1. The number of aromatic nitrogens is 2. The fraction of sp³-hybridized carbons (Fsp3) is 0.320. The van der Waals surface area contributed by atoms with Crippen LogP contribution in [-0.4, -0.2) is 70.4 Å². The molecule has 1 amide bonds. The van der Waals surface area contributed by atoms with Crippen molar-refractivity contribution in [3.63, 3.8) is 0 Å². The van der Waals surface area contributed by atoms with Crippen LogP contribution >= 0.6 is 0 Å². The molecule has 0 atom stereocenters. The Hall–Kier alpha value is -3.68. The SMILES string of the molecule is O=C1CCN1CC1(O)CCN(S(=O)(=O)c2ccc(Nc3ncc(F)c(Nc4ccc(F)cc4)n3)cc2)CC1. The van der Waals surface area contributed by atoms with E-state index in [1.807, 2.05) is 0 Å². The molecule has 3 N–H and O–H groups in total. The Labute approximate surface area is 218 Å². The van der Waals surface area contributed by atoms with Crippen LogP contribution in [0, 0.1) is 11.6 Å². The third kappa shape index (κ3) is 5.59. The van der Waals surface area contributed by atoms with Gasteiger partial charge in [-0.25, -0.2) is 22.2 Å². The fourth-order valence-electron chi connectivity index (χ4n) is 4.36. The minimum Gasteiger partial charge on any atom is -0.388 e. The molecule has 0 bridgehead atoms. The summed E-state index contributed by atoms with van der Waals surface area (Å²) in [5, 5.41) is 16.5. The summed E-state index contributed by atoms with van der Waals surface area (Å²) in [6.07, 6.45) is 1.95. The number of β-lactam (4-membered cyclic amide) rings is 1. The quantitative estimate of drug-likeness (QED) is 0.370. The van der Waals surface area contributed by atoms with Crippen LogP contribution < -0.4 is 10.6 Å². The van der Waals surface area contributed by atoms with Crippen molar-refractivity contribution in [1.29, 1.82) is 0 Å². The molecule has 38 heavy (non-hydrogen) atoms. The highest BCUT2D eigenvalue weighted by Gasteiger charge is 2.40. The van der Waals surface area contributed by atoms with Gasteiger partial charge in [0, 0.05) is 44.0 Å². The molecule has 0 aliphatic carbocycles. The number of likely N-dealkylation sites (tertiary alicyclic amines) is 1. The number of hydrogen-bond donors (Lipinski definition) is 3. The Morgan fingerprint density at radius 1 is 0.947 bits per heavy atom. The lowest BCUT2D eigenvalue weighted by atomic mass is 9.91. The number of hydrogen-bond acceptors (Lipinski definition) is 8. The van der Waals surface area contributed by atoms with E-state index in [0.29, 0.717) is 24.3 Å². The van der Waals surface area contributed by atoms with Crippen LogP contribution in [0.25, 0.3) is 0 Å². The van der Waals surface area contributed by atoms with Crippen molar-refractivity contribution in [2.75, 3.05) is 36.8 Å². The largest absolute Gasteiger partial charge is 0.388 e. The standard InChI is InChI=1S/C25H26F2N6O4S/c26-17-1-3-18(4-2-17)29-23-21(27)15-28-24(31-23)30-19-5-7-20(8-6-19)38(36,37)33-13-10-25(35,11-14-33)16-32-12-9-22(32)34/h1-8,15,35H,9-14,16H2,(H2,28,29,30,31). The molecule has 1 aromatic heterocycles. The Morgan fingerprint density at radius 2 is 1.58 bits per heavy atom. The van der Waals surface area contributed by atoms with Crippen molar-refractivity contribution < 1.29 is 27.1 Å². The minimum atomic E-state index is -3.79. The van der Waals surface area contributed by atoms with E-state index in [2.05, 4.69) is 20.6 Å². The van der Waals surface area contributed by atoms with E-state index in [9.17, 15) is 27.1 Å². The zero-order chi connectivity index (χ0) is 26.9. The van der Waals surface area contributed by atoms with Gasteiger partial charge in [-0.15, -0.1) is 0 Å². The van der Waals surface area contributed by atoms with E-state index in [-0.39, 0.29) is 55.0 Å². The van der Waals surface area contributed by atoms with E-state index >= 15 is 0 Å². The molecule has 200 valence electrons. The number of halogens is 2. The number of anilines is 4. The van der Waals surface area contributed by atoms with E-state index in [1.165, 1.54) is 40.7 Å². The normalized spacial score (nSPS) is 17.7. The first-order valence-electron chi connectivity index (χ1n) is 12.0. The molecule has 2 aromatic carbocycles. The topological polar surface area (TPSA) is 128 Å². The highest BCUT2D eigenvalue weighted by atomic mass is 32.2. The first-order valence-corrected chi connectivity index (χ1v) is 13.5. The van der Waals surface area contributed by atoms with Crippen molar-refractivity contribution in [3.05, 3.63) is 66.4 Å². The molecule has 0 radical (unpaired) electrons. The molecule has 2 saturated heterocycles. The second-order valence-corrected chi connectivity index (χ2v) is 11.3. The number of nitrogens with zero attached hydrogens (tertiary/aromatic N) is 4. The van der Waals surface area contributed by atoms with Crippen LogP contribution in [0.2, 0.25) is 0 Å². The average Bonchev–Trinajstić information content (AvgIpc) is 2.90. The molecule has 0 spiro atoms. The third-order valence-corrected chi connectivity index (χ3v) is 8.60. The Kier molecular flexibility index (Phi) is 6.99. The maximum atomic E-state index is 14.2.